The maximum absolute atomic E-state index is 11.9. The average Bonchev–Trinajstić information content (AvgIpc) is 2.40. The molecule has 0 saturated carbocycles. The Balaban J connectivity index is 2.75. The smallest absolute Gasteiger partial charge is 0.313 e. The molecule has 0 bridgehead atoms. The summed E-state index contributed by atoms with van der Waals surface area (Å²) in [6.07, 6.45) is -0.806. The molecule has 1 aliphatic rings. The lowest BCUT2D eigenvalue weighted by atomic mass is 10.2. The summed E-state index contributed by atoms with van der Waals surface area (Å²) < 4.78 is 9.80. The van der Waals surface area contributed by atoms with Crippen LogP contribution in [0.25, 0.3) is 0 Å². The van der Waals surface area contributed by atoms with E-state index >= 15 is 0 Å². The van der Waals surface area contributed by atoms with Crippen LogP contribution in [0.4, 0.5) is 0 Å². The van der Waals surface area contributed by atoms with Gasteiger partial charge in [-0.15, -0.1) is 0 Å². The molecule has 1 atom stereocenters. The summed E-state index contributed by atoms with van der Waals surface area (Å²) in [4.78, 5) is 44.0. The van der Waals surface area contributed by atoms with Crippen LogP contribution in [0.1, 0.15) is 27.2 Å². The summed E-state index contributed by atoms with van der Waals surface area (Å²) in [7, 11) is 1.39. The van der Waals surface area contributed by atoms with Crippen LogP contribution in [0.3, 0.4) is 0 Å². The lowest BCUT2D eigenvalue weighted by Crippen LogP contribution is -2.46. The van der Waals surface area contributed by atoms with Gasteiger partial charge < -0.3 is 9.47 Å². The van der Waals surface area contributed by atoms with E-state index in [9.17, 15) is 14.4 Å². The van der Waals surface area contributed by atoms with Crippen LogP contribution in [0.5, 0.6) is 0 Å². The normalized spacial score (nSPS) is 17.7. The van der Waals surface area contributed by atoms with Crippen LogP contribution in [-0.2, 0) is 23.9 Å². The maximum Gasteiger partial charge on any atom is 0.313 e. The molecule has 0 N–H and O–H groups in total. The predicted octanol–water partition coefficient (Wildman–Crippen LogP) is 0.160. The first-order valence-corrected chi connectivity index (χ1v) is 6.54. The second-order valence-corrected chi connectivity index (χ2v) is 4.39. The van der Waals surface area contributed by atoms with Crippen LogP contribution >= 0.6 is 0 Å². The third kappa shape index (κ3) is 4.66. The fourth-order valence-corrected chi connectivity index (χ4v) is 1.74. The van der Waals surface area contributed by atoms with Gasteiger partial charge in [-0.1, -0.05) is 0 Å². The second kappa shape index (κ2) is 7.51. The van der Waals surface area contributed by atoms with Crippen molar-refractivity contribution >= 4 is 29.4 Å². The summed E-state index contributed by atoms with van der Waals surface area (Å²) >= 11 is 0. The molecular weight excluding hydrogens is 278 g/mol. The van der Waals surface area contributed by atoms with Crippen LogP contribution in [0, 0.1) is 0 Å². The van der Waals surface area contributed by atoms with E-state index < -0.39 is 12.1 Å². The van der Waals surface area contributed by atoms with Gasteiger partial charge >= 0.3 is 5.97 Å². The molecule has 0 radical (unpaired) electrons. The van der Waals surface area contributed by atoms with Gasteiger partial charge in [0.1, 0.15) is 12.6 Å². The van der Waals surface area contributed by atoms with Crippen LogP contribution in [-0.4, -0.2) is 60.7 Å². The van der Waals surface area contributed by atoms with E-state index in [4.69, 9.17) is 9.47 Å². The number of Topliss-reactive ketones (excluding diaryl/α,β-unsaturated/α-hetero) is 2. The summed E-state index contributed by atoms with van der Waals surface area (Å²) in [5.41, 5.74) is 0. The topological polar surface area (TPSA) is 97.6 Å². The van der Waals surface area contributed by atoms with Crippen LogP contribution in [0.15, 0.2) is 9.98 Å². The molecule has 8 heteroatoms. The number of carbonyl (C=O) groups is 3. The van der Waals surface area contributed by atoms with Crippen molar-refractivity contribution in [1.29, 1.82) is 0 Å². The number of methoxy groups -OCH3 is 1. The summed E-state index contributed by atoms with van der Waals surface area (Å²) in [5.74, 6) is -1.15. The molecule has 0 spiro atoms. The molecule has 1 unspecified atom stereocenters. The molecule has 21 heavy (non-hydrogen) atoms. The van der Waals surface area contributed by atoms with E-state index in [0.29, 0.717) is 0 Å². The van der Waals surface area contributed by atoms with Crippen molar-refractivity contribution in [1.82, 2.24) is 4.90 Å². The molecule has 1 aliphatic heterocycles. The number of ketones is 2. The number of hydrogen-bond acceptors (Lipinski definition) is 8. The minimum absolute atomic E-state index is 0.0495. The highest BCUT2D eigenvalue weighted by molar-refractivity contribution is 6.40. The van der Waals surface area contributed by atoms with E-state index in [1.165, 1.54) is 18.9 Å². The Morgan fingerprint density at radius 3 is 2.52 bits per heavy atom. The SMILES string of the molecule is CCOC(=O)CC(=O)CN1C(OC)=NC(C(C)=O)=NC1C. The molecule has 1 rings (SSSR count). The van der Waals surface area contributed by atoms with Gasteiger partial charge in [0, 0.05) is 6.92 Å². The zero-order valence-electron chi connectivity index (χ0n) is 12.6. The van der Waals surface area contributed by atoms with Gasteiger partial charge in [-0.3, -0.25) is 19.3 Å². The number of aliphatic imine (C=N–C) groups is 2. The quantitative estimate of drug-likeness (QED) is 0.511. The molecule has 1 heterocycles. The summed E-state index contributed by atoms with van der Waals surface area (Å²) in [6, 6.07) is 0.125. The number of ether oxygens (including phenoxy) is 2. The Kier molecular flexibility index (Phi) is 6.01. The Hall–Kier alpha value is -2.25. The van der Waals surface area contributed by atoms with Gasteiger partial charge in [-0.2, -0.15) is 4.99 Å². The second-order valence-electron chi connectivity index (χ2n) is 4.39. The highest BCUT2D eigenvalue weighted by atomic mass is 16.5. The molecule has 0 saturated heterocycles. The van der Waals surface area contributed by atoms with Gasteiger partial charge in [0.25, 0.3) is 6.02 Å². The van der Waals surface area contributed by atoms with Crippen molar-refractivity contribution in [3.8, 4) is 0 Å². The number of rotatable bonds is 6. The fraction of sp³-hybridized carbons (Fsp3) is 0.615. The Morgan fingerprint density at radius 1 is 1.33 bits per heavy atom. The van der Waals surface area contributed by atoms with Gasteiger partial charge in [-0.25, -0.2) is 4.99 Å². The minimum Gasteiger partial charge on any atom is -0.468 e. The van der Waals surface area contributed by atoms with E-state index in [1.54, 1.807) is 13.8 Å². The maximum atomic E-state index is 11.9. The highest BCUT2D eigenvalue weighted by Crippen LogP contribution is 2.11. The molecule has 8 nitrogen and oxygen atoms in total. The zero-order valence-corrected chi connectivity index (χ0v) is 12.6. The first-order valence-electron chi connectivity index (χ1n) is 6.54. The Labute approximate surface area is 122 Å². The zero-order chi connectivity index (χ0) is 16.0. The summed E-state index contributed by atoms with van der Waals surface area (Å²) in [6.45, 7) is 4.85. The highest BCUT2D eigenvalue weighted by Gasteiger charge is 2.28. The first-order chi connectivity index (χ1) is 9.88. The molecule has 0 aromatic heterocycles. The lowest BCUT2D eigenvalue weighted by molar-refractivity contribution is -0.145. The number of nitrogens with zero attached hydrogens (tertiary/aromatic N) is 3. The van der Waals surface area contributed by atoms with Crippen molar-refractivity contribution < 1.29 is 23.9 Å². The third-order valence-electron chi connectivity index (χ3n) is 2.70. The van der Waals surface area contributed by atoms with Crippen molar-refractivity contribution in [2.75, 3.05) is 20.3 Å². The number of esters is 1. The molecule has 0 aliphatic carbocycles. The molecule has 0 amide bonds. The van der Waals surface area contributed by atoms with E-state index in [-0.39, 0.29) is 43.0 Å². The van der Waals surface area contributed by atoms with Gasteiger partial charge in [0.05, 0.1) is 20.3 Å². The van der Waals surface area contributed by atoms with Gasteiger partial charge in [-0.05, 0) is 13.8 Å². The first kappa shape index (κ1) is 16.8. The van der Waals surface area contributed by atoms with Crippen molar-refractivity contribution in [2.45, 2.75) is 33.4 Å². The van der Waals surface area contributed by atoms with E-state index in [2.05, 4.69) is 9.98 Å². The molecular formula is C13H19N3O5. The van der Waals surface area contributed by atoms with E-state index in [1.807, 2.05) is 0 Å². The van der Waals surface area contributed by atoms with Crippen molar-refractivity contribution in [3.05, 3.63) is 0 Å². The Morgan fingerprint density at radius 2 is 2.00 bits per heavy atom. The lowest BCUT2D eigenvalue weighted by Gasteiger charge is -2.30. The van der Waals surface area contributed by atoms with E-state index in [0.717, 1.165) is 0 Å². The third-order valence-corrected chi connectivity index (χ3v) is 2.70. The standard InChI is InChI=1S/C13H19N3O5/c1-5-21-11(19)6-10(18)7-16-9(3)14-12(8(2)17)15-13(16)20-4/h9H,5-7H2,1-4H3. The minimum atomic E-state index is -0.573. The van der Waals surface area contributed by atoms with Crippen molar-refractivity contribution in [2.24, 2.45) is 9.98 Å². The summed E-state index contributed by atoms with van der Waals surface area (Å²) in [5, 5.41) is 0. The predicted molar refractivity (Wildman–Crippen MR) is 75.0 cm³/mol. The van der Waals surface area contributed by atoms with Crippen LogP contribution in [0.2, 0.25) is 0 Å². The monoisotopic (exact) mass is 297 g/mol. The number of amidine groups is 2. The van der Waals surface area contributed by atoms with Crippen molar-refractivity contribution in [3.63, 3.8) is 0 Å². The Bertz CT molecular complexity index is 498. The molecule has 0 fully saturated rings. The van der Waals surface area contributed by atoms with Crippen LogP contribution < -0.4 is 0 Å². The number of carbonyl (C=O) groups excluding carboxylic acids is 3. The largest absolute Gasteiger partial charge is 0.468 e. The number of hydrogen-bond donors (Lipinski definition) is 0. The van der Waals surface area contributed by atoms with Gasteiger partial charge in [0.15, 0.2) is 17.4 Å². The van der Waals surface area contributed by atoms with Gasteiger partial charge in [0.2, 0.25) is 0 Å². The average molecular weight is 297 g/mol. The fourth-order valence-electron chi connectivity index (χ4n) is 1.74. The molecule has 0 aromatic carbocycles. The molecule has 0 aromatic rings. The molecule has 116 valence electrons.